The number of hydrogen-bond acceptors (Lipinski definition) is 6. The molecule has 1 aliphatic carbocycles. The van der Waals surface area contributed by atoms with Gasteiger partial charge >= 0.3 is 0 Å². The maximum Gasteiger partial charge on any atom is 0.230 e. The third-order valence-corrected chi connectivity index (χ3v) is 7.55. The lowest BCUT2D eigenvalue weighted by atomic mass is 9.86. The van der Waals surface area contributed by atoms with E-state index in [1.807, 2.05) is 36.1 Å². The van der Waals surface area contributed by atoms with Crippen molar-refractivity contribution in [2.75, 3.05) is 25.2 Å². The van der Waals surface area contributed by atoms with Gasteiger partial charge in [-0.05, 0) is 94.7 Å². The first-order valence-corrected chi connectivity index (χ1v) is 14.5. The number of unbranched alkanes of at least 4 members (excludes halogenated alkanes) is 2. The predicted octanol–water partition coefficient (Wildman–Crippen LogP) is 7.29. The topological polar surface area (TPSA) is 77.7 Å². The molecule has 0 aliphatic heterocycles. The lowest BCUT2D eigenvalue weighted by Crippen LogP contribution is -2.39. The Morgan fingerprint density at radius 1 is 1.05 bits per heavy atom. The van der Waals surface area contributed by atoms with Crippen LogP contribution in [0.2, 0.25) is 0 Å². The molecule has 1 aromatic heterocycles. The number of alkyl halides is 1. The van der Waals surface area contributed by atoms with Crippen molar-refractivity contribution in [2.45, 2.75) is 83.9 Å². The molecule has 1 fully saturated rings. The molecule has 1 amide bonds. The van der Waals surface area contributed by atoms with Crippen LogP contribution >= 0.6 is 0 Å². The summed E-state index contributed by atoms with van der Waals surface area (Å²) in [5, 5.41) is 3.76. The number of carbonyl (C=O) groups is 1. The Hall–Kier alpha value is -3.26. The van der Waals surface area contributed by atoms with Gasteiger partial charge in [0.1, 0.15) is 5.75 Å². The maximum absolute atomic E-state index is 14.0. The smallest absolute Gasteiger partial charge is 0.230 e. The Morgan fingerprint density at radius 3 is 2.45 bits per heavy atom. The first-order valence-electron chi connectivity index (χ1n) is 14.5. The minimum Gasteiger partial charge on any atom is -0.494 e. The molecule has 216 valence electrons. The molecular formula is C32H42FN3O4. The van der Waals surface area contributed by atoms with Crippen molar-refractivity contribution in [2.24, 2.45) is 5.92 Å². The number of carbonyl (C=O) groups excluding carboxylic acids is 1. The second-order valence-corrected chi connectivity index (χ2v) is 11.0. The first kappa shape index (κ1) is 29.7. The number of amides is 1. The monoisotopic (exact) mass is 551 g/mol. The first-order chi connectivity index (χ1) is 19.3. The van der Waals surface area contributed by atoms with E-state index in [-0.39, 0.29) is 23.8 Å². The van der Waals surface area contributed by atoms with E-state index in [1.165, 1.54) is 13.8 Å². The van der Waals surface area contributed by atoms with Crippen molar-refractivity contribution in [1.82, 2.24) is 10.1 Å². The van der Waals surface area contributed by atoms with Crippen molar-refractivity contribution in [3.63, 3.8) is 0 Å². The van der Waals surface area contributed by atoms with Gasteiger partial charge in [-0.1, -0.05) is 35.8 Å². The number of halogens is 1. The number of nitrogens with zero attached hydrogens (tertiary/aromatic N) is 3. The molecule has 0 radical (unpaired) electrons. The number of aromatic nitrogens is 2. The van der Waals surface area contributed by atoms with Gasteiger partial charge in [0.05, 0.1) is 12.7 Å². The van der Waals surface area contributed by atoms with Gasteiger partial charge in [0.15, 0.2) is 5.67 Å². The quantitative estimate of drug-likeness (QED) is 0.208. The lowest BCUT2D eigenvalue weighted by Gasteiger charge is -2.32. The zero-order valence-corrected chi connectivity index (χ0v) is 24.2. The van der Waals surface area contributed by atoms with Crippen LogP contribution in [-0.4, -0.2) is 42.4 Å². The summed E-state index contributed by atoms with van der Waals surface area (Å²) in [7, 11) is 1.75. The van der Waals surface area contributed by atoms with Crippen molar-refractivity contribution in [1.29, 1.82) is 0 Å². The van der Waals surface area contributed by atoms with Gasteiger partial charge in [0.2, 0.25) is 17.6 Å². The fraction of sp³-hybridized carbons (Fsp3) is 0.531. The number of methoxy groups -OCH3 is 1. The van der Waals surface area contributed by atoms with E-state index in [9.17, 15) is 9.18 Å². The number of benzene rings is 2. The highest BCUT2D eigenvalue weighted by atomic mass is 19.1. The SMILES string of the molecule is CCOc1ccc(-c2cccc(N(CCCCCc3nc(C(C)(C)F)no3)C(=O)C3CCC(OC)CC3)c2)cc1. The van der Waals surface area contributed by atoms with Crippen LogP contribution in [0, 0.1) is 5.92 Å². The van der Waals surface area contributed by atoms with Gasteiger partial charge in [-0.15, -0.1) is 0 Å². The summed E-state index contributed by atoms with van der Waals surface area (Å²) in [6.07, 6.45) is 6.88. The van der Waals surface area contributed by atoms with E-state index in [4.69, 9.17) is 14.0 Å². The Balaban J connectivity index is 1.43. The molecule has 0 spiro atoms. The van der Waals surface area contributed by atoms with E-state index in [1.54, 1.807) is 7.11 Å². The minimum absolute atomic E-state index is 0.00130. The van der Waals surface area contributed by atoms with Crippen LogP contribution in [0.3, 0.4) is 0 Å². The summed E-state index contributed by atoms with van der Waals surface area (Å²) in [4.78, 5) is 20.0. The molecule has 0 saturated heterocycles. The summed E-state index contributed by atoms with van der Waals surface area (Å²) < 4.78 is 30.4. The summed E-state index contributed by atoms with van der Waals surface area (Å²) >= 11 is 0. The molecule has 7 nitrogen and oxygen atoms in total. The number of anilines is 1. The van der Waals surface area contributed by atoms with Gasteiger partial charge in [-0.25, -0.2) is 4.39 Å². The second-order valence-electron chi connectivity index (χ2n) is 11.0. The Morgan fingerprint density at radius 2 is 1.80 bits per heavy atom. The molecule has 0 unspecified atom stereocenters. The zero-order chi connectivity index (χ0) is 28.5. The summed E-state index contributed by atoms with van der Waals surface area (Å²) in [5.74, 6) is 1.56. The molecule has 0 N–H and O–H groups in total. The van der Waals surface area contributed by atoms with Crippen molar-refractivity contribution in [3.05, 3.63) is 60.2 Å². The van der Waals surface area contributed by atoms with Crippen LogP contribution < -0.4 is 9.64 Å². The fourth-order valence-electron chi connectivity index (χ4n) is 5.22. The van der Waals surface area contributed by atoms with Gasteiger partial charge in [-0.2, -0.15) is 4.98 Å². The second kappa shape index (κ2) is 13.9. The van der Waals surface area contributed by atoms with Crippen molar-refractivity contribution < 1.29 is 23.2 Å². The Bertz CT molecular complexity index is 1210. The number of rotatable bonds is 13. The summed E-state index contributed by atoms with van der Waals surface area (Å²) in [6, 6.07) is 16.3. The molecule has 0 bridgehead atoms. The Kier molecular flexibility index (Phi) is 10.3. The largest absolute Gasteiger partial charge is 0.494 e. The third kappa shape index (κ3) is 7.90. The number of aryl methyl sites for hydroxylation is 1. The van der Waals surface area contributed by atoms with Crippen LogP contribution in [-0.2, 0) is 21.6 Å². The number of ether oxygens (including phenoxy) is 2. The van der Waals surface area contributed by atoms with Gasteiger partial charge < -0.3 is 18.9 Å². The molecule has 0 atom stereocenters. The molecule has 1 saturated carbocycles. The molecule has 4 rings (SSSR count). The highest BCUT2D eigenvalue weighted by Gasteiger charge is 2.30. The van der Waals surface area contributed by atoms with Crippen LogP contribution in [0.15, 0.2) is 53.1 Å². The molecule has 2 aromatic carbocycles. The average molecular weight is 552 g/mol. The van der Waals surface area contributed by atoms with Crippen LogP contribution in [0.25, 0.3) is 11.1 Å². The molecule has 40 heavy (non-hydrogen) atoms. The van der Waals surface area contributed by atoms with E-state index in [0.717, 1.165) is 67.5 Å². The average Bonchev–Trinajstić information content (AvgIpc) is 3.45. The van der Waals surface area contributed by atoms with Crippen LogP contribution in [0.4, 0.5) is 10.1 Å². The van der Waals surface area contributed by atoms with Crippen molar-refractivity contribution in [3.8, 4) is 16.9 Å². The number of hydrogen-bond donors (Lipinski definition) is 0. The highest BCUT2D eigenvalue weighted by molar-refractivity contribution is 5.95. The summed E-state index contributed by atoms with van der Waals surface area (Å²) in [6.45, 7) is 6.06. The normalized spacial score (nSPS) is 17.5. The molecule has 3 aromatic rings. The molecular weight excluding hydrogens is 509 g/mol. The van der Waals surface area contributed by atoms with E-state index in [0.29, 0.717) is 25.5 Å². The van der Waals surface area contributed by atoms with Gasteiger partial charge in [0.25, 0.3) is 0 Å². The van der Waals surface area contributed by atoms with Crippen LogP contribution in [0.5, 0.6) is 5.75 Å². The summed E-state index contributed by atoms with van der Waals surface area (Å²) in [5.41, 5.74) is 1.43. The lowest BCUT2D eigenvalue weighted by molar-refractivity contribution is -0.124. The third-order valence-electron chi connectivity index (χ3n) is 7.55. The minimum atomic E-state index is -1.62. The standard InChI is InChI=1S/C32H42FN3O4/c1-5-39-28-19-13-23(14-20-28)25-10-9-11-26(22-25)36(30(37)24-15-17-27(38-4)18-16-24)21-8-6-7-12-29-34-31(35-40-29)32(2,3)33/h9-11,13-14,19-20,22,24,27H,5-8,12,15-18,21H2,1-4H3. The van der Waals surface area contributed by atoms with Gasteiger partial charge in [-0.3, -0.25) is 4.79 Å². The molecule has 1 heterocycles. The molecule has 1 aliphatic rings. The fourth-order valence-corrected chi connectivity index (χ4v) is 5.22. The van der Waals surface area contributed by atoms with Crippen molar-refractivity contribution >= 4 is 11.6 Å². The zero-order valence-electron chi connectivity index (χ0n) is 24.2. The van der Waals surface area contributed by atoms with Crippen LogP contribution in [0.1, 0.15) is 77.4 Å². The molecule has 8 heteroatoms. The van der Waals surface area contributed by atoms with E-state index in [2.05, 4.69) is 34.4 Å². The van der Waals surface area contributed by atoms with E-state index >= 15 is 0 Å². The maximum atomic E-state index is 14.0. The predicted molar refractivity (Wildman–Crippen MR) is 154 cm³/mol. The van der Waals surface area contributed by atoms with E-state index < -0.39 is 5.67 Å². The van der Waals surface area contributed by atoms with Gasteiger partial charge in [0, 0.05) is 31.7 Å². The Labute approximate surface area is 237 Å². The highest BCUT2D eigenvalue weighted by Crippen LogP contribution is 2.32.